The topological polar surface area (TPSA) is 86.5 Å². The van der Waals surface area contributed by atoms with Crippen molar-refractivity contribution in [3.8, 4) is 0 Å². The number of rotatable bonds is 3. The maximum absolute atomic E-state index is 11.5. The van der Waals surface area contributed by atoms with Crippen molar-refractivity contribution < 1.29 is 17.9 Å². The highest BCUT2D eigenvalue weighted by molar-refractivity contribution is 7.90. The number of ether oxygens (including phenoxy) is 1. The molecule has 0 saturated carbocycles. The number of hydrogen-bond acceptors (Lipinski definition) is 5. The molecule has 5 nitrogen and oxygen atoms in total. The van der Waals surface area contributed by atoms with Crippen LogP contribution in [0, 0.1) is 0 Å². The number of nitrogen functional groups attached to an aromatic ring is 1. The van der Waals surface area contributed by atoms with E-state index in [1.165, 1.54) is 18.2 Å². The van der Waals surface area contributed by atoms with Gasteiger partial charge in [0, 0.05) is 11.9 Å². The van der Waals surface area contributed by atoms with E-state index in [-0.39, 0.29) is 17.1 Å². The summed E-state index contributed by atoms with van der Waals surface area (Å²) in [6.45, 7) is 1.82. The van der Waals surface area contributed by atoms with Gasteiger partial charge in [0.2, 0.25) is 0 Å². The Labute approximate surface area is 94.1 Å². The molecule has 0 aliphatic carbocycles. The fraction of sp³-hybridized carbons (Fsp3) is 0.300. The molecule has 0 unspecified atom stereocenters. The summed E-state index contributed by atoms with van der Waals surface area (Å²) in [7, 11) is -3.47. The van der Waals surface area contributed by atoms with Gasteiger partial charge in [0.05, 0.1) is 17.1 Å². The van der Waals surface area contributed by atoms with E-state index in [2.05, 4.69) is 0 Å². The van der Waals surface area contributed by atoms with Crippen LogP contribution in [0.5, 0.6) is 0 Å². The predicted octanol–water partition coefficient (Wildman–Crippen LogP) is 0.849. The first-order valence-corrected chi connectivity index (χ1v) is 6.52. The number of benzene rings is 1. The van der Waals surface area contributed by atoms with Crippen molar-refractivity contribution in [1.82, 2.24) is 0 Å². The molecule has 0 amide bonds. The molecular weight excluding hydrogens is 230 g/mol. The van der Waals surface area contributed by atoms with Crippen LogP contribution in [0.4, 0.5) is 5.69 Å². The van der Waals surface area contributed by atoms with Gasteiger partial charge in [-0.2, -0.15) is 0 Å². The Bertz CT molecular complexity index is 508. The molecule has 0 aliphatic heterocycles. The molecule has 0 bridgehead atoms. The summed E-state index contributed by atoms with van der Waals surface area (Å²) >= 11 is 0. The van der Waals surface area contributed by atoms with Crippen LogP contribution in [0.2, 0.25) is 0 Å². The summed E-state index contributed by atoms with van der Waals surface area (Å²) in [4.78, 5) is 11.5. The first kappa shape index (κ1) is 12.5. The molecule has 0 fully saturated rings. The molecule has 1 rings (SSSR count). The normalized spacial score (nSPS) is 11.1. The van der Waals surface area contributed by atoms with Crippen LogP contribution in [0.3, 0.4) is 0 Å². The Morgan fingerprint density at radius 1 is 1.44 bits per heavy atom. The van der Waals surface area contributed by atoms with E-state index in [1.807, 2.05) is 0 Å². The lowest BCUT2D eigenvalue weighted by molar-refractivity contribution is 0.0522. The number of carbonyl (C=O) groups excluding carboxylic acids is 1. The zero-order valence-corrected chi connectivity index (χ0v) is 9.87. The lowest BCUT2D eigenvalue weighted by Crippen LogP contribution is -2.11. The van der Waals surface area contributed by atoms with E-state index in [0.717, 1.165) is 6.26 Å². The van der Waals surface area contributed by atoms with Gasteiger partial charge in [-0.3, -0.25) is 0 Å². The van der Waals surface area contributed by atoms with Crippen LogP contribution < -0.4 is 5.73 Å². The van der Waals surface area contributed by atoms with Crippen LogP contribution in [-0.4, -0.2) is 27.2 Å². The number of sulfone groups is 1. The zero-order valence-electron chi connectivity index (χ0n) is 9.06. The van der Waals surface area contributed by atoms with Crippen molar-refractivity contribution in [2.75, 3.05) is 18.6 Å². The highest BCUT2D eigenvalue weighted by Gasteiger charge is 2.19. The minimum Gasteiger partial charge on any atom is -0.462 e. The third-order valence-electron chi connectivity index (χ3n) is 1.90. The number of esters is 1. The molecule has 0 aromatic heterocycles. The molecule has 0 aliphatic rings. The highest BCUT2D eigenvalue weighted by Crippen LogP contribution is 2.19. The van der Waals surface area contributed by atoms with Crippen LogP contribution in [-0.2, 0) is 14.6 Å². The third kappa shape index (κ3) is 2.73. The number of anilines is 1. The van der Waals surface area contributed by atoms with Crippen molar-refractivity contribution in [1.29, 1.82) is 0 Å². The van der Waals surface area contributed by atoms with E-state index < -0.39 is 15.8 Å². The Hall–Kier alpha value is -1.56. The Morgan fingerprint density at radius 3 is 2.56 bits per heavy atom. The molecule has 6 heteroatoms. The first-order chi connectivity index (χ1) is 7.36. The van der Waals surface area contributed by atoms with Gasteiger partial charge in [0.25, 0.3) is 0 Å². The van der Waals surface area contributed by atoms with Crippen molar-refractivity contribution >= 4 is 21.5 Å². The smallest absolute Gasteiger partial charge is 0.339 e. The first-order valence-electron chi connectivity index (χ1n) is 4.63. The van der Waals surface area contributed by atoms with Gasteiger partial charge in [0.1, 0.15) is 0 Å². The predicted molar refractivity (Wildman–Crippen MR) is 59.9 cm³/mol. The van der Waals surface area contributed by atoms with Gasteiger partial charge in [-0.15, -0.1) is 0 Å². The van der Waals surface area contributed by atoms with Gasteiger partial charge in [-0.25, -0.2) is 13.2 Å². The minimum atomic E-state index is -3.47. The molecule has 1 aromatic carbocycles. The minimum absolute atomic E-state index is 0.0237. The monoisotopic (exact) mass is 243 g/mol. The summed E-state index contributed by atoms with van der Waals surface area (Å²) in [5.41, 5.74) is 5.79. The average molecular weight is 243 g/mol. The Balaban J connectivity index is 3.35. The second-order valence-electron chi connectivity index (χ2n) is 3.25. The molecule has 1 aromatic rings. The molecule has 0 saturated heterocycles. The van der Waals surface area contributed by atoms with Gasteiger partial charge < -0.3 is 10.5 Å². The summed E-state index contributed by atoms with van der Waals surface area (Å²) in [5, 5.41) is 0. The molecular formula is C10H13NO4S. The number of hydrogen-bond donors (Lipinski definition) is 1. The maximum atomic E-state index is 11.5. The SMILES string of the molecule is CCOC(=O)c1cc(N)ccc1S(C)(=O)=O. The summed E-state index contributed by atoms with van der Waals surface area (Å²) in [6, 6.07) is 4.03. The maximum Gasteiger partial charge on any atom is 0.339 e. The Kier molecular flexibility index (Phi) is 3.54. The summed E-state index contributed by atoms with van der Waals surface area (Å²) in [6.07, 6.45) is 1.03. The van der Waals surface area contributed by atoms with Crippen LogP contribution in [0.25, 0.3) is 0 Å². The van der Waals surface area contributed by atoms with E-state index in [1.54, 1.807) is 6.92 Å². The standard InChI is InChI=1S/C10H13NO4S/c1-3-15-10(12)8-6-7(11)4-5-9(8)16(2,13)14/h4-6H,3,11H2,1-2H3. The van der Waals surface area contributed by atoms with Crippen molar-refractivity contribution in [3.63, 3.8) is 0 Å². The van der Waals surface area contributed by atoms with E-state index in [9.17, 15) is 13.2 Å². The lowest BCUT2D eigenvalue weighted by Gasteiger charge is -2.07. The van der Waals surface area contributed by atoms with Crippen LogP contribution in [0.1, 0.15) is 17.3 Å². The lowest BCUT2D eigenvalue weighted by atomic mass is 10.2. The second kappa shape index (κ2) is 4.52. The number of carbonyl (C=O) groups is 1. The van der Waals surface area contributed by atoms with Crippen LogP contribution >= 0.6 is 0 Å². The van der Waals surface area contributed by atoms with Gasteiger partial charge in [-0.1, -0.05) is 0 Å². The highest BCUT2D eigenvalue weighted by atomic mass is 32.2. The second-order valence-corrected chi connectivity index (χ2v) is 5.23. The fourth-order valence-corrected chi connectivity index (χ4v) is 2.10. The number of nitrogens with two attached hydrogens (primary N) is 1. The molecule has 0 radical (unpaired) electrons. The van der Waals surface area contributed by atoms with E-state index in [0.29, 0.717) is 5.69 Å². The van der Waals surface area contributed by atoms with E-state index >= 15 is 0 Å². The van der Waals surface area contributed by atoms with Gasteiger partial charge >= 0.3 is 5.97 Å². The molecule has 0 heterocycles. The zero-order chi connectivity index (χ0) is 12.3. The van der Waals surface area contributed by atoms with Crippen molar-refractivity contribution in [3.05, 3.63) is 23.8 Å². The summed E-state index contributed by atoms with van der Waals surface area (Å²) in [5.74, 6) is -0.685. The van der Waals surface area contributed by atoms with Crippen molar-refractivity contribution in [2.45, 2.75) is 11.8 Å². The molecule has 0 atom stereocenters. The third-order valence-corrected chi connectivity index (χ3v) is 3.05. The largest absolute Gasteiger partial charge is 0.462 e. The van der Waals surface area contributed by atoms with Gasteiger partial charge in [0.15, 0.2) is 9.84 Å². The summed E-state index contributed by atoms with van der Waals surface area (Å²) < 4.78 is 27.6. The Morgan fingerprint density at radius 2 is 2.06 bits per heavy atom. The average Bonchev–Trinajstić information content (AvgIpc) is 2.16. The quantitative estimate of drug-likeness (QED) is 0.628. The van der Waals surface area contributed by atoms with Gasteiger partial charge in [-0.05, 0) is 25.1 Å². The fourth-order valence-electron chi connectivity index (χ4n) is 1.24. The van der Waals surface area contributed by atoms with Crippen molar-refractivity contribution in [2.24, 2.45) is 0 Å². The molecule has 2 N–H and O–H groups in total. The molecule has 0 spiro atoms. The van der Waals surface area contributed by atoms with Crippen LogP contribution in [0.15, 0.2) is 23.1 Å². The van der Waals surface area contributed by atoms with E-state index in [4.69, 9.17) is 10.5 Å². The molecule has 88 valence electrons. The molecule has 16 heavy (non-hydrogen) atoms.